The number of nitrogens with zero attached hydrogens (tertiary/aromatic N) is 1. The van der Waals surface area contributed by atoms with Crippen LogP contribution in [0.3, 0.4) is 0 Å². The molecule has 34 heavy (non-hydrogen) atoms. The van der Waals surface area contributed by atoms with Crippen molar-refractivity contribution in [3.05, 3.63) is 124 Å². The smallest absolute Gasteiger partial charge is 0.249 e. The molecule has 2 N–H and O–H groups in total. The van der Waals surface area contributed by atoms with Crippen molar-refractivity contribution in [1.29, 1.82) is 0 Å². The molecular formula is C29H22N2O3. The third-order valence-corrected chi connectivity index (χ3v) is 6.58. The number of hydrogen-bond donors (Lipinski definition) is 2. The van der Waals surface area contributed by atoms with Gasteiger partial charge in [-0.1, -0.05) is 49.0 Å². The molecule has 4 aromatic rings. The van der Waals surface area contributed by atoms with Crippen LogP contribution in [0.5, 0.6) is 5.75 Å². The molecule has 3 heterocycles. The van der Waals surface area contributed by atoms with Gasteiger partial charge in [-0.2, -0.15) is 0 Å². The Balaban J connectivity index is 1.70. The Morgan fingerprint density at radius 3 is 2.71 bits per heavy atom. The van der Waals surface area contributed by atoms with Crippen molar-refractivity contribution >= 4 is 17.1 Å². The van der Waals surface area contributed by atoms with E-state index < -0.39 is 5.60 Å². The summed E-state index contributed by atoms with van der Waals surface area (Å²) in [6, 6.07) is 22.9. The molecule has 1 atom stereocenters. The normalized spacial score (nSPS) is 19.1. The largest absolute Gasteiger partial charge is 0.493 e. The summed E-state index contributed by atoms with van der Waals surface area (Å²) in [5.74, 6) is 0.747. The quantitative estimate of drug-likeness (QED) is 0.437. The molecule has 0 aliphatic carbocycles. The highest BCUT2D eigenvalue weighted by Gasteiger charge is 2.38. The molecule has 166 valence electrons. The molecule has 0 fully saturated rings. The summed E-state index contributed by atoms with van der Waals surface area (Å²) >= 11 is 0. The zero-order valence-corrected chi connectivity index (χ0v) is 18.4. The molecule has 1 unspecified atom stereocenters. The maximum Gasteiger partial charge on any atom is 0.249 e. The number of aliphatic hydroxyl groups is 1. The summed E-state index contributed by atoms with van der Waals surface area (Å²) in [6.45, 7) is 4.60. The standard InChI is InChI=1S/C29H22N2O3/c1-18-16-30-17-26(18)29(33)21-6-2-4-19(12-21)10-11-34-23-7-3-5-20(13-23)24-15-28(32)31-27-9-8-22(29)14-25(24)27/h2-9,12-17,33H,1,10-11H2,(H,31,32). The van der Waals surface area contributed by atoms with Crippen LogP contribution in [0.1, 0.15) is 16.7 Å². The summed E-state index contributed by atoms with van der Waals surface area (Å²) in [5.41, 5.74) is 4.41. The number of hydrogen-bond acceptors (Lipinski definition) is 4. The van der Waals surface area contributed by atoms with E-state index in [9.17, 15) is 9.90 Å². The summed E-state index contributed by atoms with van der Waals surface area (Å²) in [7, 11) is 0. The highest BCUT2D eigenvalue weighted by Crippen LogP contribution is 2.43. The maximum absolute atomic E-state index is 12.5. The number of H-pyrrole nitrogens is 1. The summed E-state index contributed by atoms with van der Waals surface area (Å²) in [5, 5.41) is 13.2. The van der Waals surface area contributed by atoms with E-state index in [0.717, 1.165) is 33.4 Å². The Kier molecular flexibility index (Phi) is 4.61. The number of fused-ring (bicyclic) bond motifs is 6. The fraction of sp³-hybridized carbons (Fsp3) is 0.103. The van der Waals surface area contributed by atoms with Crippen LogP contribution in [-0.4, -0.2) is 22.9 Å². The van der Waals surface area contributed by atoms with E-state index in [1.807, 2.05) is 66.7 Å². The Hall–Kier alpha value is -4.22. The first kappa shape index (κ1) is 20.4. The third kappa shape index (κ3) is 3.21. The van der Waals surface area contributed by atoms with Gasteiger partial charge in [-0.3, -0.25) is 9.79 Å². The van der Waals surface area contributed by atoms with Gasteiger partial charge >= 0.3 is 0 Å². The van der Waals surface area contributed by atoms with Gasteiger partial charge in [-0.15, -0.1) is 0 Å². The predicted molar refractivity (Wildman–Crippen MR) is 134 cm³/mol. The topological polar surface area (TPSA) is 74.7 Å². The first-order valence-corrected chi connectivity index (χ1v) is 11.2. The molecule has 0 saturated carbocycles. The third-order valence-electron chi connectivity index (χ3n) is 6.58. The zero-order valence-electron chi connectivity index (χ0n) is 18.4. The maximum atomic E-state index is 12.5. The average Bonchev–Trinajstić information content (AvgIpc) is 3.29. The molecule has 3 aromatic carbocycles. The van der Waals surface area contributed by atoms with Crippen molar-refractivity contribution in [2.75, 3.05) is 6.61 Å². The van der Waals surface area contributed by atoms with Crippen LogP contribution in [0.25, 0.3) is 22.0 Å². The SMILES string of the molecule is C=C1C=NC=C1C1(O)c2cccc(c2)CCOc2cccc(c2)-c2cc(=O)[nH]c3ccc1cc23. The van der Waals surface area contributed by atoms with Gasteiger partial charge in [0.2, 0.25) is 5.56 Å². The second-order valence-corrected chi connectivity index (χ2v) is 8.69. The summed E-state index contributed by atoms with van der Waals surface area (Å²) < 4.78 is 6.04. The lowest BCUT2D eigenvalue weighted by Crippen LogP contribution is -2.30. The van der Waals surface area contributed by atoms with E-state index in [4.69, 9.17) is 4.74 Å². The highest BCUT2D eigenvalue weighted by molar-refractivity contribution is 5.95. The lowest BCUT2D eigenvalue weighted by molar-refractivity contribution is 0.124. The number of aromatic amines is 1. The molecular weight excluding hydrogens is 424 g/mol. The van der Waals surface area contributed by atoms with Crippen LogP contribution in [0.2, 0.25) is 0 Å². The minimum Gasteiger partial charge on any atom is -0.493 e. The van der Waals surface area contributed by atoms with Gasteiger partial charge in [-0.05, 0) is 57.7 Å². The fourth-order valence-corrected chi connectivity index (χ4v) is 4.87. The van der Waals surface area contributed by atoms with Gasteiger partial charge in [0.15, 0.2) is 0 Å². The first-order valence-electron chi connectivity index (χ1n) is 11.2. The molecule has 6 bridgehead atoms. The number of aromatic nitrogens is 1. The molecule has 0 amide bonds. The number of rotatable bonds is 1. The first-order chi connectivity index (χ1) is 16.5. The average molecular weight is 447 g/mol. The highest BCUT2D eigenvalue weighted by atomic mass is 16.5. The van der Waals surface area contributed by atoms with Crippen LogP contribution in [0.15, 0.2) is 107 Å². The molecule has 2 aliphatic heterocycles. The van der Waals surface area contributed by atoms with Crippen LogP contribution >= 0.6 is 0 Å². The number of nitrogens with one attached hydrogen (secondary N) is 1. The van der Waals surface area contributed by atoms with Crippen LogP contribution in [0.4, 0.5) is 0 Å². The van der Waals surface area contributed by atoms with E-state index in [1.165, 1.54) is 0 Å². The molecule has 0 spiro atoms. The zero-order chi connectivity index (χ0) is 23.3. The minimum atomic E-state index is -1.47. The second kappa shape index (κ2) is 7.68. The van der Waals surface area contributed by atoms with Crippen LogP contribution in [0, 0.1) is 0 Å². The van der Waals surface area contributed by atoms with E-state index in [0.29, 0.717) is 35.3 Å². The van der Waals surface area contributed by atoms with Crippen molar-refractivity contribution in [2.24, 2.45) is 4.99 Å². The Morgan fingerprint density at radius 1 is 1.00 bits per heavy atom. The molecule has 1 aromatic heterocycles. The molecule has 5 heteroatoms. The summed E-state index contributed by atoms with van der Waals surface area (Å²) in [6.07, 6.45) is 4.01. The van der Waals surface area contributed by atoms with Gasteiger partial charge in [0.25, 0.3) is 0 Å². The van der Waals surface area contributed by atoms with Crippen molar-refractivity contribution in [3.63, 3.8) is 0 Å². The number of pyridine rings is 1. The molecule has 0 radical (unpaired) electrons. The van der Waals surface area contributed by atoms with Crippen LogP contribution in [-0.2, 0) is 12.0 Å². The molecule has 2 aliphatic rings. The monoisotopic (exact) mass is 446 g/mol. The van der Waals surface area contributed by atoms with E-state index in [-0.39, 0.29) is 5.56 Å². The fourth-order valence-electron chi connectivity index (χ4n) is 4.87. The van der Waals surface area contributed by atoms with E-state index >= 15 is 0 Å². The Labute approximate surface area is 196 Å². The van der Waals surface area contributed by atoms with Crippen molar-refractivity contribution in [1.82, 2.24) is 4.98 Å². The van der Waals surface area contributed by atoms with E-state index in [2.05, 4.69) is 16.6 Å². The lowest BCUT2D eigenvalue weighted by atomic mass is 9.77. The molecule has 5 nitrogen and oxygen atoms in total. The van der Waals surface area contributed by atoms with Crippen LogP contribution < -0.4 is 10.3 Å². The number of benzene rings is 3. The predicted octanol–water partition coefficient (Wildman–Crippen LogP) is 4.89. The van der Waals surface area contributed by atoms with Crippen molar-refractivity contribution in [3.8, 4) is 16.9 Å². The van der Waals surface area contributed by atoms with Gasteiger partial charge in [-0.25, -0.2) is 0 Å². The van der Waals surface area contributed by atoms with E-state index in [1.54, 1.807) is 18.5 Å². The minimum absolute atomic E-state index is 0.189. The Bertz CT molecular complexity index is 1590. The second-order valence-electron chi connectivity index (χ2n) is 8.69. The van der Waals surface area contributed by atoms with Crippen molar-refractivity contribution in [2.45, 2.75) is 12.0 Å². The Morgan fingerprint density at radius 2 is 1.85 bits per heavy atom. The summed E-state index contributed by atoms with van der Waals surface area (Å²) in [4.78, 5) is 19.7. The van der Waals surface area contributed by atoms with Gasteiger partial charge in [0.1, 0.15) is 11.4 Å². The van der Waals surface area contributed by atoms with Gasteiger partial charge < -0.3 is 14.8 Å². The van der Waals surface area contributed by atoms with Crippen molar-refractivity contribution < 1.29 is 9.84 Å². The number of ether oxygens (including phenoxy) is 1. The molecule has 6 rings (SSSR count). The molecule has 0 saturated heterocycles. The lowest BCUT2D eigenvalue weighted by Gasteiger charge is -2.32. The van der Waals surface area contributed by atoms with Gasteiger partial charge in [0.05, 0.1) is 6.61 Å². The van der Waals surface area contributed by atoms with Gasteiger partial charge in [0, 0.05) is 41.4 Å². The number of aliphatic imine (C=N–C) groups is 1.